The van der Waals surface area contributed by atoms with Gasteiger partial charge in [0, 0.05) is 23.8 Å². The van der Waals surface area contributed by atoms with Crippen molar-refractivity contribution in [3.8, 4) is 17.3 Å². The van der Waals surface area contributed by atoms with Gasteiger partial charge in [0.15, 0.2) is 0 Å². The minimum Gasteiger partial charge on any atom is -0.241 e. The monoisotopic (exact) mass is 264 g/mol. The molecule has 92 valence electrons. The highest BCUT2D eigenvalue weighted by molar-refractivity contribution is 7.09. The van der Waals surface area contributed by atoms with Gasteiger partial charge >= 0.3 is 0 Å². The Labute approximate surface area is 108 Å². The number of rotatable bonds is 4. The number of nitrogens with zero attached hydrogens (tertiary/aromatic N) is 2. The molecule has 0 aliphatic carbocycles. The van der Waals surface area contributed by atoms with Gasteiger partial charge in [-0.3, -0.25) is 0 Å². The van der Waals surface area contributed by atoms with E-state index in [1.54, 1.807) is 5.38 Å². The van der Waals surface area contributed by atoms with Crippen LogP contribution >= 0.6 is 11.3 Å². The summed E-state index contributed by atoms with van der Waals surface area (Å²) in [5.41, 5.74) is 0.627. The van der Waals surface area contributed by atoms with Gasteiger partial charge in [0.1, 0.15) is 11.6 Å². The van der Waals surface area contributed by atoms with E-state index >= 15 is 0 Å². The van der Waals surface area contributed by atoms with Crippen molar-refractivity contribution in [2.24, 2.45) is 0 Å². The summed E-state index contributed by atoms with van der Waals surface area (Å²) in [6.45, 7) is 0. The van der Waals surface area contributed by atoms with Gasteiger partial charge in [-0.1, -0.05) is 0 Å². The van der Waals surface area contributed by atoms with Crippen LogP contribution in [0.2, 0.25) is 0 Å². The Morgan fingerprint density at radius 3 is 2.94 bits per heavy atom. The van der Waals surface area contributed by atoms with Crippen LogP contribution in [-0.4, -0.2) is 4.98 Å². The van der Waals surface area contributed by atoms with E-state index in [1.165, 1.54) is 11.3 Å². The molecule has 0 fully saturated rings. The summed E-state index contributed by atoms with van der Waals surface area (Å²) in [6, 6.07) is 5.38. The molecule has 0 aliphatic rings. The zero-order chi connectivity index (χ0) is 13.0. The third kappa shape index (κ3) is 2.90. The van der Waals surface area contributed by atoms with E-state index in [2.05, 4.69) is 11.1 Å². The van der Waals surface area contributed by atoms with E-state index in [4.69, 9.17) is 5.26 Å². The molecule has 1 heterocycles. The van der Waals surface area contributed by atoms with Crippen LogP contribution in [0.15, 0.2) is 23.6 Å². The van der Waals surface area contributed by atoms with Gasteiger partial charge in [-0.2, -0.15) is 5.26 Å². The van der Waals surface area contributed by atoms with Gasteiger partial charge in [0.2, 0.25) is 0 Å². The van der Waals surface area contributed by atoms with Gasteiger partial charge < -0.3 is 0 Å². The van der Waals surface area contributed by atoms with E-state index in [1.807, 2.05) is 0 Å². The van der Waals surface area contributed by atoms with Crippen LogP contribution in [0, 0.1) is 23.0 Å². The van der Waals surface area contributed by atoms with Crippen molar-refractivity contribution < 1.29 is 8.78 Å². The second kappa shape index (κ2) is 5.69. The number of hydrogen-bond acceptors (Lipinski definition) is 3. The maximum Gasteiger partial charge on any atom is 0.132 e. The predicted molar refractivity (Wildman–Crippen MR) is 66.0 cm³/mol. The first-order chi connectivity index (χ1) is 8.70. The molecule has 5 heteroatoms. The number of nitriles is 1. The van der Waals surface area contributed by atoms with Gasteiger partial charge in [-0.15, -0.1) is 11.3 Å². The summed E-state index contributed by atoms with van der Waals surface area (Å²) in [4.78, 5) is 4.26. The van der Waals surface area contributed by atoms with E-state index < -0.39 is 11.6 Å². The Hall–Kier alpha value is -1.80. The molecule has 0 atom stereocenters. The van der Waals surface area contributed by atoms with E-state index in [-0.39, 0.29) is 5.56 Å². The number of halogens is 2. The van der Waals surface area contributed by atoms with Crippen LogP contribution in [0.5, 0.6) is 0 Å². The highest BCUT2D eigenvalue weighted by Gasteiger charge is 2.10. The fourth-order valence-corrected chi connectivity index (χ4v) is 2.40. The molecule has 2 aromatic rings. The van der Waals surface area contributed by atoms with Crippen molar-refractivity contribution in [3.63, 3.8) is 0 Å². The molecular formula is C13H10F2N2S. The van der Waals surface area contributed by atoms with Crippen LogP contribution < -0.4 is 0 Å². The first-order valence-electron chi connectivity index (χ1n) is 5.47. The Morgan fingerprint density at radius 1 is 1.33 bits per heavy atom. The van der Waals surface area contributed by atoms with Crippen molar-refractivity contribution in [2.45, 2.75) is 19.3 Å². The average molecular weight is 264 g/mol. The van der Waals surface area contributed by atoms with Crippen LogP contribution in [0.4, 0.5) is 8.78 Å². The Kier molecular flexibility index (Phi) is 4.00. The number of thiazole rings is 1. The quantitative estimate of drug-likeness (QED) is 0.784. The number of aromatic nitrogens is 1. The average Bonchev–Trinajstić information content (AvgIpc) is 2.81. The molecule has 0 amide bonds. The number of benzene rings is 1. The van der Waals surface area contributed by atoms with Crippen molar-refractivity contribution in [3.05, 3.63) is 40.2 Å². The largest absolute Gasteiger partial charge is 0.241 e. The lowest BCUT2D eigenvalue weighted by atomic mass is 10.1. The Balaban J connectivity index is 2.19. The molecule has 18 heavy (non-hydrogen) atoms. The van der Waals surface area contributed by atoms with Crippen LogP contribution in [0.25, 0.3) is 11.3 Å². The van der Waals surface area contributed by atoms with E-state index in [0.717, 1.165) is 29.6 Å². The fourth-order valence-electron chi connectivity index (χ4n) is 1.56. The second-order valence-corrected chi connectivity index (χ2v) is 4.70. The van der Waals surface area contributed by atoms with Crippen molar-refractivity contribution in [2.75, 3.05) is 0 Å². The lowest BCUT2D eigenvalue weighted by Crippen LogP contribution is -1.88. The molecule has 2 rings (SSSR count). The molecule has 0 bridgehead atoms. The molecule has 0 radical (unpaired) electrons. The molecule has 1 aromatic heterocycles. The standard InChI is InChI=1S/C13H10F2N2S/c14-9-4-5-11(15)10(7-9)12-8-18-13(17-12)3-1-2-6-16/h4-5,7-8H,1-3H2. The fraction of sp³-hybridized carbons (Fsp3) is 0.231. The molecule has 0 aliphatic heterocycles. The first kappa shape index (κ1) is 12.7. The zero-order valence-corrected chi connectivity index (χ0v) is 10.3. The normalized spacial score (nSPS) is 10.3. The topological polar surface area (TPSA) is 36.7 Å². The lowest BCUT2D eigenvalue weighted by molar-refractivity contribution is 0.602. The maximum atomic E-state index is 13.5. The number of unbranched alkanes of at least 4 members (excludes halogenated alkanes) is 1. The molecule has 1 aromatic carbocycles. The van der Waals surface area contributed by atoms with Crippen LogP contribution in [-0.2, 0) is 6.42 Å². The van der Waals surface area contributed by atoms with Crippen molar-refractivity contribution >= 4 is 11.3 Å². The minimum absolute atomic E-state index is 0.179. The van der Waals surface area contributed by atoms with Gasteiger partial charge in [-0.25, -0.2) is 13.8 Å². The summed E-state index contributed by atoms with van der Waals surface area (Å²) in [5, 5.41) is 11.0. The van der Waals surface area contributed by atoms with Crippen molar-refractivity contribution in [1.82, 2.24) is 4.98 Å². The van der Waals surface area contributed by atoms with Gasteiger partial charge in [-0.05, 0) is 24.6 Å². The van der Waals surface area contributed by atoms with Gasteiger partial charge in [0.05, 0.1) is 16.8 Å². The summed E-state index contributed by atoms with van der Waals surface area (Å²) >= 11 is 1.40. The molecular weight excluding hydrogens is 254 g/mol. The van der Waals surface area contributed by atoms with E-state index in [0.29, 0.717) is 18.5 Å². The summed E-state index contributed by atoms with van der Waals surface area (Å²) in [7, 11) is 0. The SMILES string of the molecule is N#CCCCc1nc(-c2cc(F)ccc2F)cs1. The second-order valence-electron chi connectivity index (χ2n) is 3.76. The lowest BCUT2D eigenvalue weighted by Gasteiger charge is -1.99. The predicted octanol–water partition coefficient (Wildman–Crippen LogP) is 3.93. The van der Waals surface area contributed by atoms with E-state index in [9.17, 15) is 8.78 Å². The zero-order valence-electron chi connectivity index (χ0n) is 9.49. The van der Waals surface area contributed by atoms with Gasteiger partial charge in [0.25, 0.3) is 0 Å². The van der Waals surface area contributed by atoms with Crippen LogP contribution in [0.3, 0.4) is 0 Å². The Morgan fingerprint density at radius 2 is 2.17 bits per heavy atom. The summed E-state index contributed by atoms with van der Waals surface area (Å²) in [6.07, 6.45) is 1.90. The highest BCUT2D eigenvalue weighted by atomic mass is 32.1. The summed E-state index contributed by atoms with van der Waals surface area (Å²) < 4.78 is 26.6. The molecule has 0 saturated carbocycles. The molecule has 0 N–H and O–H groups in total. The smallest absolute Gasteiger partial charge is 0.132 e. The molecule has 2 nitrogen and oxygen atoms in total. The third-order valence-electron chi connectivity index (χ3n) is 2.44. The minimum atomic E-state index is -0.481. The van der Waals surface area contributed by atoms with Crippen molar-refractivity contribution in [1.29, 1.82) is 5.26 Å². The molecule has 0 saturated heterocycles. The summed E-state index contributed by atoms with van der Waals surface area (Å²) in [5.74, 6) is -0.962. The Bertz CT molecular complexity index is 587. The number of aryl methyl sites for hydroxylation is 1. The molecule has 0 unspecified atom stereocenters. The highest BCUT2D eigenvalue weighted by Crippen LogP contribution is 2.26. The maximum absolute atomic E-state index is 13.5. The third-order valence-corrected chi connectivity index (χ3v) is 3.34. The van der Waals surface area contributed by atoms with Crippen LogP contribution in [0.1, 0.15) is 17.8 Å². The molecule has 0 spiro atoms. The first-order valence-corrected chi connectivity index (χ1v) is 6.35. The number of hydrogen-bond donors (Lipinski definition) is 0.